The van der Waals surface area contributed by atoms with E-state index in [4.69, 9.17) is 16.3 Å². The lowest BCUT2D eigenvalue weighted by Gasteiger charge is -2.19. The first kappa shape index (κ1) is 26.3. The van der Waals surface area contributed by atoms with Crippen molar-refractivity contribution in [3.05, 3.63) is 130 Å². The van der Waals surface area contributed by atoms with E-state index in [0.717, 1.165) is 5.56 Å². The van der Waals surface area contributed by atoms with E-state index in [1.165, 1.54) is 54.1 Å². The Labute approximate surface area is 230 Å². The van der Waals surface area contributed by atoms with Crippen LogP contribution in [0.3, 0.4) is 0 Å². The summed E-state index contributed by atoms with van der Waals surface area (Å²) in [4.78, 5) is 27.6. The van der Waals surface area contributed by atoms with Gasteiger partial charge in [0.2, 0.25) is 5.91 Å². The molecule has 0 aliphatic carbocycles. The number of hydrogen-bond acceptors (Lipinski definition) is 5. The molecule has 0 bridgehead atoms. The molecule has 0 radical (unpaired) electrons. The van der Waals surface area contributed by atoms with Crippen molar-refractivity contribution < 1.29 is 17.9 Å². The summed E-state index contributed by atoms with van der Waals surface area (Å²) >= 11 is 6.30. The summed E-state index contributed by atoms with van der Waals surface area (Å²) in [6.45, 7) is 0.224. The van der Waals surface area contributed by atoms with Gasteiger partial charge in [-0.3, -0.25) is 9.36 Å². The van der Waals surface area contributed by atoms with Crippen molar-refractivity contribution in [1.82, 2.24) is 13.9 Å². The summed E-state index contributed by atoms with van der Waals surface area (Å²) in [5.41, 5.74) is 0.778. The molecule has 10 heteroatoms. The number of halogens is 1. The Morgan fingerprint density at radius 2 is 1.54 bits per heavy atom. The minimum absolute atomic E-state index is 0.0945. The summed E-state index contributed by atoms with van der Waals surface area (Å²) in [5, 5.41) is 3.17. The van der Waals surface area contributed by atoms with Crippen molar-refractivity contribution in [1.29, 1.82) is 0 Å². The van der Waals surface area contributed by atoms with Crippen LogP contribution in [0.2, 0.25) is 5.02 Å². The van der Waals surface area contributed by atoms with Gasteiger partial charge in [0.25, 0.3) is 10.0 Å². The van der Waals surface area contributed by atoms with Gasteiger partial charge < -0.3 is 10.1 Å². The van der Waals surface area contributed by atoms with Gasteiger partial charge >= 0.3 is 5.69 Å². The molecule has 5 rings (SSSR count). The number of fused-ring (bicyclic) bond motifs is 1. The molecule has 39 heavy (non-hydrogen) atoms. The minimum Gasteiger partial charge on any atom is -0.497 e. The molecule has 0 saturated heterocycles. The van der Waals surface area contributed by atoms with Crippen molar-refractivity contribution in [3.8, 4) is 5.75 Å². The van der Waals surface area contributed by atoms with Gasteiger partial charge in [-0.1, -0.05) is 72.3 Å². The number of nitrogens with zero attached hydrogens (tertiary/aromatic N) is 2. The van der Waals surface area contributed by atoms with Crippen LogP contribution in [0.5, 0.6) is 5.75 Å². The zero-order valence-corrected chi connectivity index (χ0v) is 22.4. The predicted octanol–water partition coefficient (Wildman–Crippen LogP) is 4.61. The molecule has 1 heterocycles. The topological polar surface area (TPSA) is 99.4 Å². The van der Waals surface area contributed by atoms with Crippen molar-refractivity contribution in [2.24, 2.45) is 0 Å². The molecule has 0 saturated carbocycles. The van der Waals surface area contributed by atoms with E-state index in [0.29, 0.717) is 15.3 Å². The first-order valence-electron chi connectivity index (χ1n) is 12.0. The van der Waals surface area contributed by atoms with Crippen LogP contribution in [0.1, 0.15) is 17.2 Å². The largest absolute Gasteiger partial charge is 0.497 e. The lowest BCUT2D eigenvalue weighted by Crippen LogP contribution is -2.39. The molecule has 4 aromatic carbocycles. The summed E-state index contributed by atoms with van der Waals surface area (Å²) in [6.07, 6.45) is 0. The van der Waals surface area contributed by atoms with Gasteiger partial charge in [-0.25, -0.2) is 13.2 Å². The first-order valence-corrected chi connectivity index (χ1v) is 13.8. The number of rotatable bonds is 8. The van der Waals surface area contributed by atoms with Crippen LogP contribution >= 0.6 is 11.6 Å². The molecule has 198 valence electrons. The monoisotopic (exact) mass is 561 g/mol. The Balaban J connectivity index is 1.70. The lowest BCUT2D eigenvalue weighted by molar-refractivity contribution is -0.123. The molecule has 1 atom stereocenters. The predicted molar refractivity (Wildman–Crippen MR) is 150 cm³/mol. The Morgan fingerprint density at radius 3 is 2.18 bits per heavy atom. The van der Waals surface area contributed by atoms with Crippen LogP contribution in [-0.4, -0.2) is 30.0 Å². The lowest BCUT2D eigenvalue weighted by atomic mass is 10.1. The van der Waals surface area contributed by atoms with Gasteiger partial charge in [-0.15, -0.1) is 0 Å². The standard InChI is InChI=1S/C29H24ClN3O5S/c1-38-23-13-15-24(16-14-23)39(36,37)33-25-17-12-22(30)18-26(25)32(29(33)35)27(21-10-6-3-7-11-21)28(34)31-19-20-8-4-2-5-9-20/h2-18,27H,19H2,1H3,(H,31,34). The molecule has 5 aromatic rings. The van der Waals surface area contributed by atoms with Gasteiger partial charge in [-0.2, -0.15) is 3.97 Å². The number of ether oxygens (including phenoxy) is 1. The van der Waals surface area contributed by atoms with Gasteiger partial charge in [-0.05, 0) is 53.6 Å². The number of imidazole rings is 1. The van der Waals surface area contributed by atoms with Crippen LogP contribution in [0, 0.1) is 0 Å². The number of hydrogen-bond donors (Lipinski definition) is 1. The molecule has 1 aromatic heterocycles. The molecular formula is C29H24ClN3O5S. The Hall–Kier alpha value is -4.34. The zero-order chi connectivity index (χ0) is 27.6. The fraction of sp³-hybridized carbons (Fsp3) is 0.103. The SMILES string of the molecule is COc1ccc(S(=O)(=O)n2c(=O)n(C(C(=O)NCc3ccccc3)c3ccccc3)c3cc(Cl)ccc32)cc1. The maximum Gasteiger partial charge on any atom is 0.344 e. The summed E-state index contributed by atoms with van der Waals surface area (Å²) in [7, 11) is -2.89. The van der Waals surface area contributed by atoms with Crippen molar-refractivity contribution in [3.63, 3.8) is 0 Å². The Kier molecular flexibility index (Phi) is 7.28. The third-order valence-electron chi connectivity index (χ3n) is 6.32. The van der Waals surface area contributed by atoms with Gasteiger partial charge in [0.15, 0.2) is 0 Å². The highest BCUT2D eigenvalue weighted by molar-refractivity contribution is 7.90. The van der Waals surface area contributed by atoms with Crippen LogP contribution < -0.4 is 15.7 Å². The average molecular weight is 562 g/mol. The average Bonchev–Trinajstić information content (AvgIpc) is 3.24. The molecule has 8 nitrogen and oxygen atoms in total. The van der Waals surface area contributed by atoms with Gasteiger partial charge in [0, 0.05) is 11.6 Å². The first-order chi connectivity index (χ1) is 18.8. The maximum atomic E-state index is 14.0. The molecule has 1 N–H and O–H groups in total. The van der Waals surface area contributed by atoms with E-state index in [1.807, 2.05) is 30.3 Å². The fourth-order valence-electron chi connectivity index (χ4n) is 4.43. The minimum atomic E-state index is -4.36. The summed E-state index contributed by atoms with van der Waals surface area (Å²) < 4.78 is 34.6. The maximum absolute atomic E-state index is 14.0. The smallest absolute Gasteiger partial charge is 0.344 e. The van der Waals surface area contributed by atoms with E-state index < -0.39 is 27.7 Å². The second-order valence-electron chi connectivity index (χ2n) is 8.75. The molecule has 0 aliphatic rings. The number of aromatic nitrogens is 2. The highest BCUT2D eigenvalue weighted by Gasteiger charge is 2.32. The number of nitrogens with one attached hydrogen (secondary N) is 1. The van der Waals surface area contributed by atoms with Crippen molar-refractivity contribution in [2.75, 3.05) is 7.11 Å². The second-order valence-corrected chi connectivity index (χ2v) is 11.0. The van der Waals surface area contributed by atoms with Crippen molar-refractivity contribution in [2.45, 2.75) is 17.5 Å². The van der Waals surface area contributed by atoms with E-state index >= 15 is 0 Å². The molecule has 1 unspecified atom stereocenters. The van der Waals surface area contributed by atoms with Crippen molar-refractivity contribution >= 4 is 38.6 Å². The molecule has 0 spiro atoms. The fourth-order valence-corrected chi connectivity index (χ4v) is 6.00. The highest BCUT2D eigenvalue weighted by Crippen LogP contribution is 2.28. The Morgan fingerprint density at radius 1 is 0.897 bits per heavy atom. The summed E-state index contributed by atoms with van der Waals surface area (Å²) in [5.74, 6) is -0.0113. The number of carbonyl (C=O) groups is 1. The molecule has 0 fully saturated rings. The molecule has 1 amide bonds. The molecular weight excluding hydrogens is 538 g/mol. The number of methoxy groups -OCH3 is 1. The van der Waals surface area contributed by atoms with E-state index in [2.05, 4.69) is 5.32 Å². The number of amides is 1. The Bertz CT molecular complexity index is 1800. The van der Waals surface area contributed by atoms with E-state index in [1.54, 1.807) is 30.3 Å². The third-order valence-corrected chi connectivity index (χ3v) is 8.26. The quantitative estimate of drug-likeness (QED) is 0.298. The zero-order valence-electron chi connectivity index (χ0n) is 20.8. The number of benzene rings is 4. The van der Waals surface area contributed by atoms with Crippen LogP contribution in [-0.2, 0) is 21.4 Å². The van der Waals surface area contributed by atoms with Crippen LogP contribution in [0.4, 0.5) is 0 Å². The van der Waals surface area contributed by atoms with Crippen LogP contribution in [0.25, 0.3) is 11.0 Å². The highest BCUT2D eigenvalue weighted by atomic mass is 35.5. The second kappa shape index (κ2) is 10.8. The number of carbonyl (C=O) groups excluding carboxylic acids is 1. The van der Waals surface area contributed by atoms with E-state index in [-0.39, 0.29) is 27.5 Å². The van der Waals surface area contributed by atoms with E-state index in [9.17, 15) is 18.0 Å². The normalized spacial score (nSPS) is 12.3. The van der Waals surface area contributed by atoms with Crippen LogP contribution in [0.15, 0.2) is 113 Å². The molecule has 0 aliphatic heterocycles. The summed E-state index contributed by atoms with van der Waals surface area (Å²) in [6, 6.07) is 27.0. The van der Waals surface area contributed by atoms with Gasteiger partial charge in [0.05, 0.1) is 23.0 Å². The third kappa shape index (κ3) is 5.06. The van der Waals surface area contributed by atoms with Gasteiger partial charge in [0.1, 0.15) is 11.8 Å².